The topological polar surface area (TPSA) is 32.3 Å². The Kier molecular flexibility index (Phi) is 6.02. The highest BCUT2D eigenvalue weighted by atomic mass is 127. The van der Waals surface area contributed by atoms with Gasteiger partial charge >= 0.3 is 0 Å². The van der Waals surface area contributed by atoms with Crippen molar-refractivity contribution in [2.75, 3.05) is 16.8 Å². The van der Waals surface area contributed by atoms with E-state index in [1.807, 2.05) is 53.4 Å². The van der Waals surface area contributed by atoms with E-state index in [1.165, 1.54) is 0 Å². The molecule has 0 unspecified atom stereocenters. The molecule has 0 radical (unpaired) electrons. The van der Waals surface area contributed by atoms with Crippen LogP contribution in [0.5, 0.6) is 0 Å². The molecule has 1 heterocycles. The van der Waals surface area contributed by atoms with Crippen LogP contribution in [0.15, 0.2) is 60.2 Å². The molecule has 25 heavy (non-hydrogen) atoms. The lowest BCUT2D eigenvalue weighted by molar-refractivity contribution is -0.114. The quantitative estimate of drug-likeness (QED) is 0.466. The Morgan fingerprint density at radius 2 is 2.04 bits per heavy atom. The van der Waals surface area contributed by atoms with Gasteiger partial charge in [0.15, 0.2) is 0 Å². The monoisotopic (exact) mass is 466 g/mol. The number of halogens is 2. The smallest absolute Gasteiger partial charge is 0.253 e. The summed E-state index contributed by atoms with van der Waals surface area (Å²) in [5.41, 5.74) is 2.90. The van der Waals surface area contributed by atoms with Crippen molar-refractivity contribution >= 4 is 51.5 Å². The zero-order valence-electron chi connectivity index (χ0n) is 14.0. The minimum atomic E-state index is 0.121. The summed E-state index contributed by atoms with van der Waals surface area (Å²) in [5, 5.41) is 4.19. The molecule has 0 saturated carbocycles. The fourth-order valence-electron chi connectivity index (χ4n) is 2.91. The number of rotatable bonds is 5. The molecule has 3 nitrogen and oxygen atoms in total. The fourth-order valence-corrected chi connectivity index (χ4v) is 3.57. The lowest BCUT2D eigenvalue weighted by Crippen LogP contribution is -2.24. The summed E-state index contributed by atoms with van der Waals surface area (Å²) >= 11 is 8.36. The van der Waals surface area contributed by atoms with Crippen molar-refractivity contribution in [3.63, 3.8) is 0 Å². The third-order valence-corrected chi connectivity index (χ3v) is 5.42. The number of anilines is 2. The molecule has 1 atom stereocenters. The Hall–Kier alpha value is -1.53. The molecule has 3 rings (SSSR count). The van der Waals surface area contributed by atoms with Gasteiger partial charge < -0.3 is 10.2 Å². The van der Waals surface area contributed by atoms with Crippen LogP contribution < -0.4 is 10.2 Å². The van der Waals surface area contributed by atoms with Gasteiger partial charge in [0.1, 0.15) is 0 Å². The average Bonchev–Trinajstić information content (AvgIpc) is 2.98. The van der Waals surface area contributed by atoms with Gasteiger partial charge in [-0.3, -0.25) is 4.79 Å². The predicted octanol–water partition coefficient (Wildman–Crippen LogP) is 5.50. The van der Waals surface area contributed by atoms with Gasteiger partial charge in [0.25, 0.3) is 5.91 Å². The molecular weight excluding hydrogens is 447 g/mol. The second kappa shape index (κ2) is 8.23. The van der Waals surface area contributed by atoms with Crippen LogP contribution in [0.4, 0.5) is 11.4 Å². The van der Waals surface area contributed by atoms with Crippen molar-refractivity contribution < 1.29 is 4.79 Å². The SMILES string of the molecule is C[C@@H](C/C=C1\CCN(c2ccccc2)C1=O)Nc1cc(Cl)ccc1I. The Morgan fingerprint density at radius 3 is 2.80 bits per heavy atom. The van der Waals surface area contributed by atoms with Gasteiger partial charge in [-0.05, 0) is 72.7 Å². The van der Waals surface area contributed by atoms with Crippen molar-refractivity contribution in [1.29, 1.82) is 0 Å². The van der Waals surface area contributed by atoms with E-state index in [1.54, 1.807) is 0 Å². The molecule has 2 aromatic rings. The van der Waals surface area contributed by atoms with E-state index < -0.39 is 0 Å². The molecule has 1 N–H and O–H groups in total. The highest BCUT2D eigenvalue weighted by Crippen LogP contribution is 2.26. The maximum atomic E-state index is 12.6. The molecule has 0 aliphatic carbocycles. The maximum Gasteiger partial charge on any atom is 0.253 e. The molecule has 1 amide bonds. The third-order valence-electron chi connectivity index (χ3n) is 4.24. The van der Waals surface area contributed by atoms with E-state index in [9.17, 15) is 4.79 Å². The summed E-state index contributed by atoms with van der Waals surface area (Å²) in [6.07, 6.45) is 3.67. The summed E-state index contributed by atoms with van der Waals surface area (Å²) in [6.45, 7) is 2.87. The Balaban J connectivity index is 1.62. The van der Waals surface area contributed by atoms with Crippen LogP contribution in [0.3, 0.4) is 0 Å². The second-order valence-corrected chi connectivity index (χ2v) is 7.78. The van der Waals surface area contributed by atoms with Crippen molar-refractivity contribution in [1.82, 2.24) is 0 Å². The summed E-state index contributed by atoms with van der Waals surface area (Å²) in [4.78, 5) is 14.4. The highest BCUT2D eigenvalue weighted by molar-refractivity contribution is 14.1. The zero-order chi connectivity index (χ0) is 17.8. The fraction of sp³-hybridized carbons (Fsp3) is 0.250. The normalized spacial score (nSPS) is 17.2. The zero-order valence-corrected chi connectivity index (χ0v) is 16.9. The van der Waals surface area contributed by atoms with Crippen LogP contribution >= 0.6 is 34.2 Å². The van der Waals surface area contributed by atoms with Gasteiger partial charge in [-0.1, -0.05) is 35.9 Å². The average molecular weight is 467 g/mol. The Bertz CT molecular complexity index is 792. The number of hydrogen-bond donors (Lipinski definition) is 1. The molecule has 0 aromatic heterocycles. The standard InChI is InChI=1S/C20H20ClIN2O/c1-14(23-19-13-16(21)9-10-18(19)22)7-8-15-11-12-24(20(15)25)17-5-3-2-4-6-17/h2-6,8-10,13-14,23H,7,11-12H2,1H3/b15-8+/t14-/m0/s1. The Morgan fingerprint density at radius 1 is 1.28 bits per heavy atom. The first-order valence-electron chi connectivity index (χ1n) is 8.32. The van der Waals surface area contributed by atoms with Gasteiger partial charge in [-0.2, -0.15) is 0 Å². The van der Waals surface area contributed by atoms with Gasteiger partial charge in [0.05, 0.1) is 0 Å². The minimum absolute atomic E-state index is 0.121. The molecule has 1 saturated heterocycles. The van der Waals surface area contributed by atoms with Crippen LogP contribution in [-0.4, -0.2) is 18.5 Å². The van der Waals surface area contributed by atoms with Crippen molar-refractivity contribution in [3.8, 4) is 0 Å². The molecule has 1 aliphatic heterocycles. The van der Waals surface area contributed by atoms with E-state index in [4.69, 9.17) is 11.6 Å². The van der Waals surface area contributed by atoms with E-state index in [-0.39, 0.29) is 11.9 Å². The molecule has 130 valence electrons. The molecule has 5 heteroatoms. The molecule has 0 bridgehead atoms. The lowest BCUT2D eigenvalue weighted by Gasteiger charge is -2.16. The number of hydrogen-bond acceptors (Lipinski definition) is 2. The third kappa shape index (κ3) is 4.55. The number of nitrogens with one attached hydrogen (secondary N) is 1. The lowest BCUT2D eigenvalue weighted by atomic mass is 10.1. The number of nitrogens with zero attached hydrogens (tertiary/aromatic N) is 1. The summed E-state index contributed by atoms with van der Waals surface area (Å²) in [6, 6.07) is 15.9. The van der Waals surface area contributed by atoms with Crippen LogP contribution in [0, 0.1) is 3.57 Å². The first-order chi connectivity index (χ1) is 12.0. The summed E-state index contributed by atoms with van der Waals surface area (Å²) < 4.78 is 1.13. The van der Waals surface area contributed by atoms with Crippen LogP contribution in [-0.2, 0) is 4.79 Å². The number of amides is 1. The molecule has 1 fully saturated rings. The minimum Gasteiger partial charge on any atom is -0.381 e. The van der Waals surface area contributed by atoms with Gasteiger partial charge in [0, 0.05) is 38.1 Å². The van der Waals surface area contributed by atoms with Crippen molar-refractivity contribution in [2.45, 2.75) is 25.8 Å². The van der Waals surface area contributed by atoms with Gasteiger partial charge in [-0.25, -0.2) is 0 Å². The van der Waals surface area contributed by atoms with Gasteiger partial charge in [0.2, 0.25) is 0 Å². The van der Waals surface area contributed by atoms with E-state index in [0.717, 1.165) is 44.9 Å². The van der Waals surface area contributed by atoms with Gasteiger partial charge in [-0.15, -0.1) is 0 Å². The molecular formula is C20H20ClIN2O. The number of carbonyl (C=O) groups excluding carboxylic acids is 1. The summed E-state index contributed by atoms with van der Waals surface area (Å²) in [5.74, 6) is 0.121. The largest absolute Gasteiger partial charge is 0.381 e. The second-order valence-electron chi connectivity index (χ2n) is 6.18. The Labute approximate surface area is 167 Å². The molecule has 2 aromatic carbocycles. The van der Waals surface area contributed by atoms with E-state index in [2.05, 4.69) is 40.9 Å². The maximum absolute atomic E-state index is 12.6. The van der Waals surface area contributed by atoms with E-state index in [0.29, 0.717) is 0 Å². The van der Waals surface area contributed by atoms with Crippen LogP contribution in [0.2, 0.25) is 5.02 Å². The van der Waals surface area contributed by atoms with E-state index >= 15 is 0 Å². The number of benzene rings is 2. The number of para-hydroxylation sites is 1. The first kappa shape index (κ1) is 18.3. The summed E-state index contributed by atoms with van der Waals surface area (Å²) in [7, 11) is 0. The molecule has 1 aliphatic rings. The van der Waals surface area contributed by atoms with Crippen LogP contribution in [0.1, 0.15) is 19.8 Å². The highest BCUT2D eigenvalue weighted by Gasteiger charge is 2.26. The predicted molar refractivity (Wildman–Crippen MR) is 113 cm³/mol. The number of carbonyl (C=O) groups is 1. The van der Waals surface area contributed by atoms with Crippen LogP contribution in [0.25, 0.3) is 0 Å². The first-order valence-corrected chi connectivity index (χ1v) is 9.78. The van der Waals surface area contributed by atoms with Crippen molar-refractivity contribution in [3.05, 3.63) is 68.8 Å². The molecule has 0 spiro atoms. The van der Waals surface area contributed by atoms with Crippen molar-refractivity contribution in [2.24, 2.45) is 0 Å².